The Hall–Kier alpha value is 0.497. The van der Waals surface area contributed by atoms with Gasteiger partial charge in [-0.2, -0.15) is 0 Å². The minimum atomic E-state index is -0.647. The zero-order chi connectivity index (χ0) is 8.55. The Morgan fingerprint density at radius 2 is 2.17 bits per heavy atom. The lowest BCUT2D eigenvalue weighted by Crippen LogP contribution is -2.14. The molecule has 1 fully saturated rings. The molecule has 0 aromatic heterocycles. The quantitative estimate of drug-likeness (QED) is 0.404. The fourth-order valence-corrected chi connectivity index (χ4v) is 3.46. The molecular weight excluding hydrogens is 211 g/mol. The predicted octanol–water partition coefficient (Wildman–Crippen LogP) is 2.77. The van der Waals surface area contributed by atoms with E-state index in [1.165, 1.54) is 12.8 Å². The van der Waals surface area contributed by atoms with Crippen LogP contribution in [0.4, 0.5) is 0 Å². The van der Waals surface area contributed by atoms with Gasteiger partial charge >= 0.3 is 0 Å². The molecule has 0 aromatic carbocycles. The van der Waals surface area contributed by atoms with E-state index in [1.54, 1.807) is 0 Å². The number of hydrogen-bond donors (Lipinski definition) is 0. The van der Waals surface area contributed by atoms with E-state index in [0.29, 0.717) is 15.3 Å². The highest BCUT2D eigenvalue weighted by Gasteiger charge is 2.36. The molecule has 2 aliphatic carbocycles. The van der Waals surface area contributed by atoms with Gasteiger partial charge in [-0.15, -0.1) is 0 Å². The molecule has 1 nitrogen and oxygen atoms in total. The molecule has 0 N–H and O–H groups in total. The van der Waals surface area contributed by atoms with Crippen molar-refractivity contribution in [3.63, 3.8) is 0 Å². The molecule has 1 saturated carbocycles. The lowest BCUT2D eigenvalue weighted by molar-refractivity contribution is 0.361. The summed E-state index contributed by atoms with van der Waals surface area (Å²) in [7, 11) is 0.469. The second-order valence-electron chi connectivity index (χ2n) is 3.38. The number of allylic oxidation sites excluding steroid dienone is 2. The van der Waals surface area contributed by atoms with Crippen LogP contribution in [0.25, 0.3) is 0 Å². The van der Waals surface area contributed by atoms with E-state index in [9.17, 15) is 0 Å². The summed E-state index contributed by atoms with van der Waals surface area (Å²) in [4.78, 5) is 0. The maximum absolute atomic E-state index is 5.49. The first-order chi connectivity index (χ1) is 5.75. The van der Waals surface area contributed by atoms with Crippen LogP contribution in [-0.2, 0) is 4.43 Å². The summed E-state index contributed by atoms with van der Waals surface area (Å²) in [6, 6.07) is 0. The van der Waals surface area contributed by atoms with Crippen LogP contribution in [0, 0.1) is 11.8 Å². The first kappa shape index (κ1) is 9.07. The van der Waals surface area contributed by atoms with Gasteiger partial charge in [0, 0.05) is 0 Å². The van der Waals surface area contributed by atoms with E-state index in [4.69, 9.17) is 27.6 Å². The Balaban J connectivity index is 1.80. The van der Waals surface area contributed by atoms with Crippen LogP contribution in [0.3, 0.4) is 0 Å². The first-order valence-electron chi connectivity index (χ1n) is 4.13. The molecule has 3 atom stereocenters. The molecule has 2 radical (unpaired) electrons. The maximum atomic E-state index is 5.49. The molecule has 2 aliphatic rings. The lowest BCUT2D eigenvalue weighted by Gasteiger charge is -2.16. The Labute approximate surface area is 85.0 Å². The molecule has 2 bridgehead atoms. The van der Waals surface area contributed by atoms with Gasteiger partial charge in [-0.25, -0.2) is 0 Å². The minimum absolute atomic E-state index is 0.469. The molecule has 0 aromatic rings. The third kappa shape index (κ3) is 1.87. The second-order valence-corrected chi connectivity index (χ2v) is 5.61. The Bertz CT molecular complexity index is 195. The van der Waals surface area contributed by atoms with Crippen LogP contribution in [0.15, 0.2) is 12.2 Å². The van der Waals surface area contributed by atoms with Crippen molar-refractivity contribution in [3.8, 4) is 0 Å². The van der Waals surface area contributed by atoms with Gasteiger partial charge in [0.1, 0.15) is 0 Å². The van der Waals surface area contributed by atoms with E-state index in [2.05, 4.69) is 12.2 Å². The molecule has 4 heteroatoms. The first-order valence-corrected chi connectivity index (χ1v) is 5.99. The van der Waals surface area contributed by atoms with Gasteiger partial charge in [0.05, 0.1) is 0 Å². The Morgan fingerprint density at radius 1 is 1.33 bits per heavy atom. The van der Waals surface area contributed by atoms with Gasteiger partial charge < -0.3 is 4.43 Å². The monoisotopic (exact) mass is 220 g/mol. The molecule has 2 rings (SSSR count). The van der Waals surface area contributed by atoms with E-state index >= 15 is 0 Å². The largest absolute Gasteiger partial charge is 0.390 e. The molecule has 12 heavy (non-hydrogen) atoms. The van der Waals surface area contributed by atoms with E-state index in [-0.39, 0.29) is 0 Å². The number of alkyl halides is 2. The lowest BCUT2D eigenvalue weighted by atomic mass is 10.1. The van der Waals surface area contributed by atoms with Crippen LogP contribution in [0.1, 0.15) is 12.8 Å². The van der Waals surface area contributed by atoms with Crippen molar-refractivity contribution in [1.82, 2.24) is 0 Å². The summed E-state index contributed by atoms with van der Waals surface area (Å²) >= 11 is 11.0. The topological polar surface area (TPSA) is 9.23 Å². The number of fused-ring (bicyclic) bond motifs is 2. The molecule has 0 aliphatic heterocycles. The molecule has 0 saturated heterocycles. The van der Waals surface area contributed by atoms with E-state index < -0.39 is 5.02 Å². The van der Waals surface area contributed by atoms with Gasteiger partial charge in [0.15, 0.2) is 5.02 Å². The highest BCUT2D eigenvalue weighted by molar-refractivity contribution is 6.45. The van der Waals surface area contributed by atoms with Crippen molar-refractivity contribution in [2.24, 2.45) is 11.8 Å². The summed E-state index contributed by atoms with van der Waals surface area (Å²) < 4.78 is 5.20. The number of rotatable bonds is 3. The normalized spacial score (nSPS) is 38.4. The van der Waals surface area contributed by atoms with E-state index in [1.807, 2.05) is 0 Å². The zero-order valence-corrected chi connectivity index (χ0v) is 9.05. The summed E-state index contributed by atoms with van der Waals surface area (Å²) in [5.74, 6) is 1.54. The van der Waals surface area contributed by atoms with Gasteiger partial charge in [-0.3, -0.25) is 0 Å². The highest BCUT2D eigenvalue weighted by Crippen LogP contribution is 2.46. The average Bonchev–Trinajstić information content (AvgIpc) is 2.60. The average molecular weight is 221 g/mol. The van der Waals surface area contributed by atoms with Gasteiger partial charge in [-0.05, 0) is 30.2 Å². The van der Waals surface area contributed by atoms with Crippen LogP contribution in [-0.4, -0.2) is 14.8 Å². The van der Waals surface area contributed by atoms with Gasteiger partial charge in [0.2, 0.25) is 9.76 Å². The smallest absolute Gasteiger partial charge is 0.237 e. The number of hydrogen-bond acceptors (Lipinski definition) is 1. The molecular formula is C8H10Cl2OSi. The van der Waals surface area contributed by atoms with Crippen molar-refractivity contribution >= 4 is 33.0 Å². The van der Waals surface area contributed by atoms with Crippen LogP contribution in [0.5, 0.6) is 0 Å². The Morgan fingerprint density at radius 3 is 2.67 bits per heavy atom. The van der Waals surface area contributed by atoms with Crippen molar-refractivity contribution < 1.29 is 4.43 Å². The third-order valence-corrected chi connectivity index (χ3v) is 4.40. The van der Waals surface area contributed by atoms with Crippen molar-refractivity contribution in [1.29, 1.82) is 0 Å². The summed E-state index contributed by atoms with van der Waals surface area (Å²) in [5, 5.41) is -0.647. The molecule has 0 heterocycles. The second kappa shape index (κ2) is 3.70. The van der Waals surface area contributed by atoms with Crippen LogP contribution in [0.2, 0.25) is 5.54 Å². The standard InChI is InChI=1S/C8H10Cl2OSi/c9-8(10)11-12-7-4-5-1-2-6(7)3-5/h1-2,5-8H,3-4H2. The summed E-state index contributed by atoms with van der Waals surface area (Å²) in [6.07, 6.45) is 7.22. The summed E-state index contributed by atoms with van der Waals surface area (Å²) in [5.41, 5.74) is 0.681. The van der Waals surface area contributed by atoms with Crippen molar-refractivity contribution in [2.45, 2.75) is 23.4 Å². The highest BCUT2D eigenvalue weighted by atomic mass is 35.5. The fraction of sp³-hybridized carbons (Fsp3) is 0.750. The summed E-state index contributed by atoms with van der Waals surface area (Å²) in [6.45, 7) is 0. The number of halogens is 2. The zero-order valence-electron chi connectivity index (χ0n) is 6.54. The molecule has 0 amide bonds. The van der Waals surface area contributed by atoms with Crippen LogP contribution < -0.4 is 0 Å². The van der Waals surface area contributed by atoms with Crippen molar-refractivity contribution in [3.05, 3.63) is 12.2 Å². The fourth-order valence-electron chi connectivity index (χ4n) is 2.06. The molecule has 66 valence electrons. The predicted molar refractivity (Wildman–Crippen MR) is 51.4 cm³/mol. The SMILES string of the molecule is ClC(Cl)O[Si]C1CC2C=CC1C2. The molecule has 0 spiro atoms. The van der Waals surface area contributed by atoms with Crippen molar-refractivity contribution in [2.75, 3.05) is 0 Å². The van der Waals surface area contributed by atoms with Crippen LogP contribution >= 0.6 is 23.2 Å². The van der Waals surface area contributed by atoms with Gasteiger partial charge in [0.25, 0.3) is 0 Å². The van der Waals surface area contributed by atoms with E-state index in [0.717, 1.165) is 11.8 Å². The Kier molecular flexibility index (Phi) is 2.80. The minimum Gasteiger partial charge on any atom is -0.390 e. The van der Waals surface area contributed by atoms with Gasteiger partial charge in [-0.1, -0.05) is 35.4 Å². The third-order valence-electron chi connectivity index (χ3n) is 2.59. The maximum Gasteiger partial charge on any atom is 0.237 e. The molecule has 3 unspecified atom stereocenters.